The molecule has 0 bridgehead atoms. The number of hydrazine groups is 1. The third kappa shape index (κ3) is 3.48. The van der Waals surface area contributed by atoms with Crippen LogP contribution in [0.4, 0.5) is 4.39 Å². The van der Waals surface area contributed by atoms with Gasteiger partial charge in [-0.15, -0.1) is 0 Å². The van der Waals surface area contributed by atoms with E-state index >= 15 is 0 Å². The molecule has 3 heteroatoms. The molecule has 0 N–H and O–H groups in total. The van der Waals surface area contributed by atoms with Crippen molar-refractivity contribution >= 4 is 0 Å². The van der Waals surface area contributed by atoms with Gasteiger partial charge in [-0.3, -0.25) is 0 Å². The minimum absolute atomic E-state index is 0.139. The number of rotatable bonds is 4. The summed E-state index contributed by atoms with van der Waals surface area (Å²) in [6.45, 7) is 16.8. The summed E-state index contributed by atoms with van der Waals surface area (Å²) >= 11 is 0. The Morgan fingerprint density at radius 2 is 2.00 bits per heavy atom. The highest BCUT2D eigenvalue weighted by Gasteiger charge is 2.23. The molecule has 20 heavy (non-hydrogen) atoms. The largest absolute Gasteiger partial charge is 0.301 e. The van der Waals surface area contributed by atoms with E-state index in [9.17, 15) is 4.39 Å². The molecule has 1 aliphatic heterocycles. The maximum absolute atomic E-state index is 14.2. The van der Waals surface area contributed by atoms with Crippen molar-refractivity contribution in [3.8, 4) is 0 Å². The van der Waals surface area contributed by atoms with Gasteiger partial charge < -0.3 is 5.01 Å². The van der Waals surface area contributed by atoms with Crippen molar-refractivity contribution in [2.75, 3.05) is 20.1 Å². The van der Waals surface area contributed by atoms with Crippen LogP contribution in [0.3, 0.4) is 0 Å². The van der Waals surface area contributed by atoms with Gasteiger partial charge in [-0.2, -0.15) is 0 Å². The van der Waals surface area contributed by atoms with Gasteiger partial charge in [-0.05, 0) is 44.4 Å². The normalized spacial score (nSPS) is 17.1. The zero-order valence-electron chi connectivity index (χ0n) is 13.3. The number of halogens is 1. The van der Waals surface area contributed by atoms with E-state index in [1.165, 1.54) is 0 Å². The molecule has 0 aromatic carbocycles. The minimum Gasteiger partial charge on any atom is -0.301 e. The molecule has 0 saturated carbocycles. The van der Waals surface area contributed by atoms with Gasteiger partial charge in [0.15, 0.2) is 0 Å². The van der Waals surface area contributed by atoms with E-state index in [2.05, 4.69) is 19.2 Å². The van der Waals surface area contributed by atoms with Crippen LogP contribution in [0, 0.1) is 0 Å². The van der Waals surface area contributed by atoms with Crippen molar-refractivity contribution in [2.24, 2.45) is 0 Å². The zero-order valence-corrected chi connectivity index (χ0v) is 13.3. The van der Waals surface area contributed by atoms with E-state index < -0.39 is 0 Å². The molecule has 110 valence electrons. The highest BCUT2D eigenvalue weighted by molar-refractivity contribution is 5.44. The molecule has 0 unspecified atom stereocenters. The molecule has 1 heterocycles. The first-order valence-electron chi connectivity index (χ1n) is 6.82. The standard InChI is InChI=1S/C17H25FN2/c1-8-15(17(18)13(4)5)11-20-14(6)16(12(2)3)9-10-19(20)7/h8-9H,2,6,10-11H2,1,3-5,7H3/b15-8-. The van der Waals surface area contributed by atoms with Crippen LogP contribution in [0.25, 0.3) is 0 Å². The smallest absolute Gasteiger partial charge is 0.126 e. The van der Waals surface area contributed by atoms with Crippen LogP contribution in [-0.2, 0) is 0 Å². The summed E-state index contributed by atoms with van der Waals surface area (Å²) in [5.41, 5.74) is 4.28. The molecule has 0 saturated heterocycles. The van der Waals surface area contributed by atoms with Crippen molar-refractivity contribution in [3.63, 3.8) is 0 Å². The lowest BCUT2D eigenvalue weighted by Crippen LogP contribution is -2.43. The number of likely N-dealkylation sites (N-methyl/N-ethyl adjacent to an activating group) is 1. The van der Waals surface area contributed by atoms with Crippen LogP contribution < -0.4 is 0 Å². The molecule has 0 aromatic rings. The SMILES string of the molecule is C=C(C)C1=CCN(C)N(C/C(=C/C)C(F)=C(C)C)C1=C. The van der Waals surface area contributed by atoms with Crippen molar-refractivity contribution in [3.05, 3.63) is 59.1 Å². The molecule has 0 spiro atoms. The fourth-order valence-electron chi connectivity index (χ4n) is 2.19. The van der Waals surface area contributed by atoms with Crippen LogP contribution in [0.2, 0.25) is 0 Å². The molecule has 1 aliphatic rings. The Labute approximate surface area is 122 Å². The molecular formula is C17H25FN2. The Balaban J connectivity index is 3.02. The highest BCUT2D eigenvalue weighted by Crippen LogP contribution is 2.28. The second-order valence-corrected chi connectivity index (χ2v) is 5.37. The summed E-state index contributed by atoms with van der Waals surface area (Å²) in [4.78, 5) is 0. The van der Waals surface area contributed by atoms with Gasteiger partial charge >= 0.3 is 0 Å². The highest BCUT2D eigenvalue weighted by atomic mass is 19.1. The van der Waals surface area contributed by atoms with Crippen LogP contribution in [0.15, 0.2) is 59.1 Å². The van der Waals surface area contributed by atoms with Crippen molar-refractivity contribution in [2.45, 2.75) is 27.7 Å². The van der Waals surface area contributed by atoms with Crippen LogP contribution in [0.5, 0.6) is 0 Å². The monoisotopic (exact) mass is 276 g/mol. The number of hydrogen-bond donors (Lipinski definition) is 0. The van der Waals surface area contributed by atoms with Crippen LogP contribution in [0.1, 0.15) is 27.7 Å². The Kier molecular flexibility index (Phi) is 5.52. The molecule has 1 rings (SSSR count). The fraction of sp³-hybridized carbons (Fsp3) is 0.412. The van der Waals surface area contributed by atoms with Gasteiger partial charge in [-0.1, -0.05) is 25.3 Å². The van der Waals surface area contributed by atoms with Crippen LogP contribution >= 0.6 is 0 Å². The van der Waals surface area contributed by atoms with E-state index in [1.54, 1.807) is 13.8 Å². The Morgan fingerprint density at radius 1 is 1.40 bits per heavy atom. The van der Waals surface area contributed by atoms with Gasteiger partial charge in [-0.25, -0.2) is 9.40 Å². The lowest BCUT2D eigenvalue weighted by molar-refractivity contribution is 0.0554. The summed E-state index contributed by atoms with van der Waals surface area (Å²) in [5.74, 6) is -0.139. The van der Waals surface area contributed by atoms with E-state index in [0.29, 0.717) is 17.7 Å². The minimum atomic E-state index is -0.139. The van der Waals surface area contributed by atoms with Crippen molar-refractivity contribution in [1.29, 1.82) is 0 Å². The molecule has 0 amide bonds. The quantitative estimate of drug-likeness (QED) is 0.703. The van der Waals surface area contributed by atoms with Crippen molar-refractivity contribution < 1.29 is 4.39 Å². The summed E-state index contributed by atoms with van der Waals surface area (Å²) < 4.78 is 14.2. The maximum Gasteiger partial charge on any atom is 0.126 e. The van der Waals surface area contributed by atoms with Gasteiger partial charge in [0.1, 0.15) is 5.83 Å². The molecule has 2 nitrogen and oxygen atoms in total. The van der Waals surface area contributed by atoms with Gasteiger partial charge in [0.25, 0.3) is 0 Å². The summed E-state index contributed by atoms with van der Waals surface area (Å²) in [6, 6.07) is 0. The Hall–Kier alpha value is -1.61. The summed E-state index contributed by atoms with van der Waals surface area (Å²) in [6.07, 6.45) is 3.93. The first-order chi connectivity index (χ1) is 9.29. The van der Waals surface area contributed by atoms with E-state index in [0.717, 1.165) is 23.4 Å². The molecule has 0 radical (unpaired) electrons. The third-order valence-corrected chi connectivity index (χ3v) is 3.44. The lowest BCUT2D eigenvalue weighted by atomic mass is 10.0. The zero-order chi connectivity index (χ0) is 15.4. The predicted octanol–water partition coefficient (Wildman–Crippen LogP) is 4.37. The van der Waals surface area contributed by atoms with E-state index in [-0.39, 0.29) is 5.83 Å². The molecule has 0 atom stereocenters. The summed E-state index contributed by atoms with van der Waals surface area (Å²) in [7, 11) is 1.98. The van der Waals surface area contributed by atoms with Gasteiger partial charge in [0, 0.05) is 19.2 Å². The molecule has 0 fully saturated rings. The lowest BCUT2D eigenvalue weighted by Gasteiger charge is -2.39. The topological polar surface area (TPSA) is 6.48 Å². The van der Waals surface area contributed by atoms with E-state index in [4.69, 9.17) is 0 Å². The first kappa shape index (κ1) is 16.4. The van der Waals surface area contributed by atoms with Gasteiger partial charge in [0.05, 0.1) is 12.2 Å². The molecule has 0 aromatic heterocycles. The third-order valence-electron chi connectivity index (χ3n) is 3.44. The molecular weight excluding hydrogens is 251 g/mol. The second-order valence-electron chi connectivity index (χ2n) is 5.37. The first-order valence-corrected chi connectivity index (χ1v) is 6.82. The molecule has 0 aliphatic carbocycles. The average Bonchev–Trinajstić information content (AvgIpc) is 2.37. The van der Waals surface area contributed by atoms with Crippen LogP contribution in [-0.4, -0.2) is 30.2 Å². The van der Waals surface area contributed by atoms with Gasteiger partial charge in [0.2, 0.25) is 0 Å². The maximum atomic E-state index is 14.2. The number of hydrogen-bond acceptors (Lipinski definition) is 2. The average molecular weight is 276 g/mol. The predicted molar refractivity (Wildman–Crippen MR) is 84.6 cm³/mol. The Bertz CT molecular complexity index is 505. The fourth-order valence-corrected chi connectivity index (χ4v) is 2.19. The van der Waals surface area contributed by atoms with Crippen molar-refractivity contribution in [1.82, 2.24) is 10.0 Å². The number of nitrogens with zero attached hydrogens (tertiary/aromatic N) is 2. The summed E-state index contributed by atoms with van der Waals surface area (Å²) in [5, 5.41) is 4.04. The number of allylic oxidation sites excluding steroid dienone is 3. The Morgan fingerprint density at radius 3 is 2.45 bits per heavy atom. The van der Waals surface area contributed by atoms with E-state index in [1.807, 2.05) is 37.0 Å². The second kappa shape index (κ2) is 6.71.